The van der Waals surface area contributed by atoms with E-state index in [1.54, 1.807) is 11.9 Å². The number of hydrogen-bond acceptors (Lipinski definition) is 2. The molecule has 0 saturated carbocycles. The predicted octanol–water partition coefficient (Wildman–Crippen LogP) is 4.03. The Morgan fingerprint density at radius 3 is 2.48 bits per heavy atom. The highest BCUT2D eigenvalue weighted by Crippen LogP contribution is 2.22. The molecule has 0 aromatic heterocycles. The van der Waals surface area contributed by atoms with Crippen molar-refractivity contribution in [3.8, 4) is 0 Å². The van der Waals surface area contributed by atoms with Crippen molar-refractivity contribution < 1.29 is 4.79 Å². The van der Waals surface area contributed by atoms with E-state index in [2.05, 4.69) is 42.4 Å². The molecule has 1 atom stereocenters. The van der Waals surface area contributed by atoms with Crippen LogP contribution in [0.3, 0.4) is 0 Å². The van der Waals surface area contributed by atoms with Crippen LogP contribution in [-0.2, 0) is 4.79 Å². The molecule has 3 rings (SSSR count). The van der Waals surface area contributed by atoms with Crippen LogP contribution in [0.2, 0.25) is 0 Å². The second-order valence-corrected chi connectivity index (χ2v) is 5.82. The molecule has 3 heteroatoms. The van der Waals surface area contributed by atoms with E-state index in [4.69, 9.17) is 0 Å². The van der Waals surface area contributed by atoms with Gasteiger partial charge in [0.1, 0.15) is 0 Å². The summed E-state index contributed by atoms with van der Waals surface area (Å²) >= 11 is 0. The number of rotatable bonds is 3. The molecule has 23 heavy (non-hydrogen) atoms. The molecule has 0 spiro atoms. The molecule has 0 fully saturated rings. The third kappa shape index (κ3) is 3.57. The van der Waals surface area contributed by atoms with Crippen LogP contribution in [0, 0.1) is 6.92 Å². The van der Waals surface area contributed by atoms with Gasteiger partial charge in [0.05, 0.1) is 11.8 Å². The summed E-state index contributed by atoms with van der Waals surface area (Å²) < 4.78 is 0. The smallest absolute Gasteiger partial charge is 0.240 e. The molecule has 0 unspecified atom stereocenters. The molecule has 1 heterocycles. The van der Waals surface area contributed by atoms with E-state index in [0.29, 0.717) is 0 Å². The second-order valence-electron chi connectivity index (χ2n) is 5.82. The Bertz CT molecular complexity index is 745. The highest BCUT2D eigenvalue weighted by Gasteiger charge is 2.27. The van der Waals surface area contributed by atoms with Gasteiger partial charge in [0.2, 0.25) is 5.91 Å². The van der Waals surface area contributed by atoms with E-state index >= 15 is 0 Å². The van der Waals surface area contributed by atoms with Gasteiger partial charge in [0, 0.05) is 13.3 Å². The molecule has 3 nitrogen and oxygen atoms in total. The molecule has 2 aromatic rings. The zero-order chi connectivity index (χ0) is 16.2. The quantitative estimate of drug-likeness (QED) is 0.842. The molecule has 1 amide bonds. The lowest BCUT2D eigenvalue weighted by Gasteiger charge is -2.16. The molecular weight excluding hydrogens is 284 g/mol. The molecule has 1 aliphatic heterocycles. The fourth-order valence-electron chi connectivity index (χ4n) is 2.69. The van der Waals surface area contributed by atoms with Crippen molar-refractivity contribution in [2.45, 2.75) is 26.3 Å². The van der Waals surface area contributed by atoms with Crippen molar-refractivity contribution in [2.24, 2.45) is 5.10 Å². The highest BCUT2D eigenvalue weighted by molar-refractivity contribution is 6.03. The summed E-state index contributed by atoms with van der Waals surface area (Å²) in [6.07, 6.45) is 4.85. The third-order valence-corrected chi connectivity index (χ3v) is 3.96. The number of amides is 1. The fourth-order valence-corrected chi connectivity index (χ4v) is 2.69. The van der Waals surface area contributed by atoms with Crippen molar-refractivity contribution in [1.29, 1.82) is 0 Å². The van der Waals surface area contributed by atoms with Crippen molar-refractivity contribution in [3.05, 3.63) is 77.4 Å². The third-order valence-electron chi connectivity index (χ3n) is 3.96. The average Bonchev–Trinajstić information content (AvgIpc) is 2.99. The first-order valence-corrected chi connectivity index (χ1v) is 7.81. The number of hydrogen-bond donors (Lipinski definition) is 0. The molecule has 2 aromatic carbocycles. The maximum absolute atomic E-state index is 11.9. The monoisotopic (exact) mass is 304 g/mol. The summed E-state index contributed by atoms with van der Waals surface area (Å²) in [6, 6.07) is 18.3. The second kappa shape index (κ2) is 6.61. The minimum atomic E-state index is -0.0326. The molecule has 1 aliphatic rings. The number of hydrazone groups is 1. The average molecular weight is 304 g/mol. The van der Waals surface area contributed by atoms with Crippen LogP contribution in [-0.4, -0.2) is 22.7 Å². The van der Waals surface area contributed by atoms with Gasteiger partial charge >= 0.3 is 0 Å². The van der Waals surface area contributed by atoms with Crippen LogP contribution < -0.4 is 0 Å². The van der Waals surface area contributed by atoms with Gasteiger partial charge in [-0.05, 0) is 18.1 Å². The van der Waals surface area contributed by atoms with E-state index in [-0.39, 0.29) is 11.9 Å². The molecular formula is C20H20N2O. The number of carbonyl (C=O) groups is 1. The Morgan fingerprint density at radius 1 is 1.13 bits per heavy atom. The number of nitrogens with zero attached hydrogens (tertiary/aromatic N) is 2. The molecule has 0 N–H and O–H groups in total. The van der Waals surface area contributed by atoms with Gasteiger partial charge in [0.15, 0.2) is 0 Å². The van der Waals surface area contributed by atoms with E-state index < -0.39 is 0 Å². The van der Waals surface area contributed by atoms with E-state index in [0.717, 1.165) is 23.3 Å². The SMILES string of the molecule is CC(=O)N1N=C(c2ccc(C)cc2)C[C@@H]1/C=C/c1ccccc1. The first-order chi connectivity index (χ1) is 11.1. The molecule has 0 aliphatic carbocycles. The summed E-state index contributed by atoms with van der Waals surface area (Å²) in [6.45, 7) is 3.62. The van der Waals surface area contributed by atoms with Crippen molar-refractivity contribution >= 4 is 17.7 Å². The summed E-state index contributed by atoms with van der Waals surface area (Å²) in [5, 5.41) is 6.11. The first-order valence-electron chi connectivity index (χ1n) is 7.81. The number of carbonyl (C=O) groups excluding carboxylic acids is 1. The van der Waals surface area contributed by atoms with Gasteiger partial charge in [-0.2, -0.15) is 5.10 Å². The standard InChI is InChI=1S/C20H20N2O/c1-15-8-11-18(12-9-15)20-14-19(22(21-20)16(2)23)13-10-17-6-4-3-5-7-17/h3-13,19H,14H2,1-2H3/b13-10+/t19-/m0/s1. The van der Waals surface area contributed by atoms with Crippen molar-refractivity contribution in [1.82, 2.24) is 5.01 Å². The van der Waals surface area contributed by atoms with E-state index in [1.165, 1.54) is 5.56 Å². The number of benzene rings is 2. The van der Waals surface area contributed by atoms with Crippen LogP contribution in [0.1, 0.15) is 30.0 Å². The summed E-state index contributed by atoms with van der Waals surface area (Å²) in [7, 11) is 0. The van der Waals surface area contributed by atoms with E-state index in [1.807, 2.05) is 36.4 Å². The highest BCUT2D eigenvalue weighted by atomic mass is 16.2. The Hall–Kier alpha value is -2.68. The van der Waals surface area contributed by atoms with Crippen molar-refractivity contribution in [3.63, 3.8) is 0 Å². The van der Waals surface area contributed by atoms with Gasteiger partial charge in [0.25, 0.3) is 0 Å². The Labute approximate surface area is 136 Å². The lowest BCUT2D eigenvalue weighted by atomic mass is 10.0. The zero-order valence-corrected chi connectivity index (χ0v) is 13.4. The Morgan fingerprint density at radius 2 is 1.83 bits per heavy atom. The van der Waals surface area contributed by atoms with Gasteiger partial charge in [-0.25, -0.2) is 5.01 Å². The maximum Gasteiger partial charge on any atom is 0.240 e. The van der Waals surface area contributed by atoms with E-state index in [9.17, 15) is 4.79 Å². The lowest BCUT2D eigenvalue weighted by Crippen LogP contribution is -2.29. The molecule has 116 valence electrons. The molecule has 0 saturated heterocycles. The minimum Gasteiger partial charge on any atom is -0.273 e. The van der Waals surface area contributed by atoms with Gasteiger partial charge in [-0.3, -0.25) is 4.79 Å². The summed E-state index contributed by atoms with van der Waals surface area (Å²) in [5.41, 5.74) is 4.39. The number of aryl methyl sites for hydroxylation is 1. The van der Waals surface area contributed by atoms with Gasteiger partial charge in [-0.15, -0.1) is 0 Å². The van der Waals surface area contributed by atoms with Crippen molar-refractivity contribution in [2.75, 3.05) is 0 Å². The minimum absolute atomic E-state index is 0.0241. The van der Waals surface area contributed by atoms with Crippen LogP contribution >= 0.6 is 0 Å². The van der Waals surface area contributed by atoms with Crippen LogP contribution in [0.4, 0.5) is 0 Å². The molecule has 0 bridgehead atoms. The van der Waals surface area contributed by atoms with Crippen LogP contribution in [0.15, 0.2) is 65.8 Å². The predicted molar refractivity (Wildman–Crippen MR) is 94.1 cm³/mol. The summed E-state index contributed by atoms with van der Waals surface area (Å²) in [4.78, 5) is 11.9. The Kier molecular flexibility index (Phi) is 4.38. The first kappa shape index (κ1) is 15.2. The maximum atomic E-state index is 11.9. The normalized spacial score (nSPS) is 17.6. The molecule has 0 radical (unpaired) electrons. The fraction of sp³-hybridized carbons (Fsp3) is 0.200. The zero-order valence-electron chi connectivity index (χ0n) is 13.4. The Balaban J connectivity index is 1.81. The van der Waals surface area contributed by atoms with Gasteiger partial charge < -0.3 is 0 Å². The van der Waals surface area contributed by atoms with Crippen LogP contribution in [0.25, 0.3) is 6.08 Å². The van der Waals surface area contributed by atoms with Gasteiger partial charge in [-0.1, -0.05) is 72.3 Å². The topological polar surface area (TPSA) is 32.7 Å². The summed E-state index contributed by atoms with van der Waals surface area (Å²) in [5.74, 6) is -0.0326. The lowest BCUT2D eigenvalue weighted by molar-refractivity contribution is -0.129. The largest absolute Gasteiger partial charge is 0.273 e. The van der Waals surface area contributed by atoms with Crippen LogP contribution in [0.5, 0.6) is 0 Å².